The number of hydrogen-bond donors (Lipinski definition) is 4. The summed E-state index contributed by atoms with van der Waals surface area (Å²) in [6.45, 7) is 0. The number of nitrogens with one attached hydrogen (secondary N) is 2. The second-order valence-electron chi connectivity index (χ2n) is 6.45. The van der Waals surface area contributed by atoms with Gasteiger partial charge in [0.1, 0.15) is 11.6 Å². The highest BCUT2D eigenvalue weighted by atomic mass is 19.4. The summed E-state index contributed by atoms with van der Waals surface area (Å²) in [5.74, 6) is -2.53. The number of amides is 2. The zero-order valence-corrected chi connectivity index (χ0v) is 17.6. The lowest BCUT2D eigenvalue weighted by atomic mass is 10.1. The number of aromatic nitrogens is 1. The minimum atomic E-state index is -5.08. The summed E-state index contributed by atoms with van der Waals surface area (Å²) in [7, 11) is 1.56. The van der Waals surface area contributed by atoms with Crippen molar-refractivity contribution in [2.75, 3.05) is 17.7 Å². The molecular weight excluding hydrogens is 457 g/mol. The van der Waals surface area contributed by atoms with E-state index < -0.39 is 18.1 Å². The van der Waals surface area contributed by atoms with Crippen LogP contribution < -0.4 is 21.1 Å². The molecule has 9 nitrogen and oxygen atoms in total. The standard InChI is InChI=1S/C20H18N4O3.C2HF3O2/c1-27-15-8-6-13(7-9-15)20(26)24-18-12-14(10-11-22-18)23-17-5-3-2-4-16(17)19(21)25;3-2(4,5)1(6)7/h2-12H,1H3,(H2,21,25)(H2,22,23,24,26);(H,6,7). The summed E-state index contributed by atoms with van der Waals surface area (Å²) in [4.78, 5) is 36.9. The number of primary amides is 1. The number of pyridine rings is 1. The van der Waals surface area contributed by atoms with E-state index in [2.05, 4.69) is 15.6 Å². The van der Waals surface area contributed by atoms with Gasteiger partial charge in [-0.05, 0) is 42.5 Å². The number of rotatable bonds is 6. The normalized spacial score (nSPS) is 10.4. The number of carbonyl (C=O) groups is 3. The first-order valence-electron chi connectivity index (χ1n) is 9.38. The summed E-state index contributed by atoms with van der Waals surface area (Å²) >= 11 is 0. The molecule has 2 aromatic carbocycles. The first-order chi connectivity index (χ1) is 16.0. The van der Waals surface area contributed by atoms with Gasteiger partial charge in [-0.1, -0.05) is 12.1 Å². The number of nitrogens with zero attached hydrogens (tertiary/aromatic N) is 1. The molecule has 34 heavy (non-hydrogen) atoms. The van der Waals surface area contributed by atoms with E-state index in [1.807, 2.05) is 0 Å². The molecular formula is C22H19F3N4O5. The summed E-state index contributed by atoms with van der Waals surface area (Å²) in [5.41, 5.74) is 7.48. The molecule has 12 heteroatoms. The smallest absolute Gasteiger partial charge is 0.490 e. The number of hydrogen-bond acceptors (Lipinski definition) is 6. The molecule has 1 heterocycles. The van der Waals surface area contributed by atoms with Crippen LogP contribution in [-0.2, 0) is 4.79 Å². The lowest BCUT2D eigenvalue weighted by molar-refractivity contribution is -0.192. The number of para-hydroxylation sites is 1. The summed E-state index contributed by atoms with van der Waals surface area (Å²) < 4.78 is 36.8. The first kappa shape index (κ1) is 25.6. The number of anilines is 3. The Bertz CT molecular complexity index is 1170. The zero-order chi connectivity index (χ0) is 25.3. The lowest BCUT2D eigenvalue weighted by Gasteiger charge is -2.11. The Morgan fingerprint density at radius 2 is 1.65 bits per heavy atom. The number of nitrogens with two attached hydrogens (primary N) is 1. The third-order valence-corrected chi connectivity index (χ3v) is 4.07. The van der Waals surface area contributed by atoms with Crippen LogP contribution in [0, 0.1) is 0 Å². The van der Waals surface area contributed by atoms with Crippen LogP contribution in [0.1, 0.15) is 20.7 Å². The highest BCUT2D eigenvalue weighted by Crippen LogP contribution is 2.22. The van der Waals surface area contributed by atoms with E-state index in [0.29, 0.717) is 34.1 Å². The summed E-state index contributed by atoms with van der Waals surface area (Å²) in [5, 5.41) is 13.0. The monoisotopic (exact) mass is 476 g/mol. The van der Waals surface area contributed by atoms with Gasteiger partial charge in [0.25, 0.3) is 11.8 Å². The van der Waals surface area contributed by atoms with Crippen molar-refractivity contribution >= 4 is 35.0 Å². The molecule has 0 saturated carbocycles. The quantitative estimate of drug-likeness (QED) is 0.423. The number of carbonyl (C=O) groups excluding carboxylic acids is 2. The molecule has 0 aliphatic heterocycles. The van der Waals surface area contributed by atoms with Crippen molar-refractivity contribution < 1.29 is 37.4 Å². The molecule has 0 aliphatic rings. The minimum Gasteiger partial charge on any atom is -0.497 e. The number of aliphatic carboxylic acids is 1. The van der Waals surface area contributed by atoms with Gasteiger partial charge in [-0.3, -0.25) is 9.59 Å². The fourth-order valence-electron chi connectivity index (χ4n) is 2.47. The van der Waals surface area contributed by atoms with E-state index in [4.69, 9.17) is 20.4 Å². The Morgan fingerprint density at radius 1 is 1.03 bits per heavy atom. The number of carboxylic acid groups (broad SMARTS) is 1. The van der Waals surface area contributed by atoms with Gasteiger partial charge in [0.2, 0.25) is 0 Å². The molecule has 0 aliphatic carbocycles. The SMILES string of the molecule is COc1ccc(C(=O)Nc2cc(Nc3ccccc3C(N)=O)ccn2)cc1.O=C(O)C(F)(F)F. The molecule has 0 bridgehead atoms. The van der Waals surface area contributed by atoms with E-state index in [0.717, 1.165) is 0 Å². The van der Waals surface area contributed by atoms with Gasteiger partial charge in [0.05, 0.1) is 18.4 Å². The molecule has 0 fully saturated rings. The first-order valence-corrected chi connectivity index (χ1v) is 9.38. The maximum atomic E-state index is 12.4. The molecule has 3 rings (SSSR count). The van der Waals surface area contributed by atoms with E-state index in [9.17, 15) is 22.8 Å². The molecule has 178 valence electrons. The zero-order valence-electron chi connectivity index (χ0n) is 17.6. The van der Waals surface area contributed by atoms with E-state index in [1.54, 1.807) is 74.0 Å². The largest absolute Gasteiger partial charge is 0.497 e. The Labute approximate surface area is 191 Å². The molecule has 0 atom stereocenters. The maximum Gasteiger partial charge on any atom is 0.490 e. The van der Waals surface area contributed by atoms with Crippen LogP contribution in [0.2, 0.25) is 0 Å². The minimum absolute atomic E-state index is 0.292. The summed E-state index contributed by atoms with van der Waals surface area (Å²) in [6, 6.07) is 17.1. The van der Waals surface area contributed by atoms with Crippen molar-refractivity contribution in [2.24, 2.45) is 5.73 Å². The van der Waals surface area contributed by atoms with Crippen LogP contribution >= 0.6 is 0 Å². The third kappa shape index (κ3) is 7.51. The Hall–Kier alpha value is -4.61. The molecule has 3 aromatic rings. The molecule has 0 unspecified atom stereocenters. The topological polar surface area (TPSA) is 144 Å². The van der Waals surface area contributed by atoms with E-state index in [-0.39, 0.29) is 5.91 Å². The lowest BCUT2D eigenvalue weighted by Crippen LogP contribution is -2.21. The molecule has 1 aromatic heterocycles. The highest BCUT2D eigenvalue weighted by Gasteiger charge is 2.38. The van der Waals surface area contributed by atoms with Gasteiger partial charge < -0.3 is 26.2 Å². The van der Waals surface area contributed by atoms with Crippen LogP contribution in [0.15, 0.2) is 66.9 Å². The second-order valence-corrected chi connectivity index (χ2v) is 6.45. The predicted octanol–water partition coefficient (Wildman–Crippen LogP) is 3.82. The van der Waals surface area contributed by atoms with Crippen LogP contribution in [0.3, 0.4) is 0 Å². The average molecular weight is 476 g/mol. The van der Waals surface area contributed by atoms with Gasteiger partial charge in [-0.15, -0.1) is 0 Å². The van der Waals surface area contributed by atoms with Crippen LogP contribution in [0.5, 0.6) is 5.75 Å². The molecule has 0 spiro atoms. The van der Waals surface area contributed by atoms with Crippen molar-refractivity contribution in [1.82, 2.24) is 4.98 Å². The predicted molar refractivity (Wildman–Crippen MR) is 117 cm³/mol. The molecule has 2 amide bonds. The van der Waals surface area contributed by atoms with Crippen molar-refractivity contribution in [2.45, 2.75) is 6.18 Å². The Kier molecular flexibility index (Phi) is 8.53. The van der Waals surface area contributed by atoms with Gasteiger partial charge in [-0.2, -0.15) is 13.2 Å². The van der Waals surface area contributed by atoms with Crippen LogP contribution in [0.25, 0.3) is 0 Å². The van der Waals surface area contributed by atoms with Crippen molar-refractivity contribution in [1.29, 1.82) is 0 Å². The maximum absolute atomic E-state index is 12.4. The fraction of sp³-hybridized carbons (Fsp3) is 0.0909. The number of alkyl halides is 3. The van der Waals surface area contributed by atoms with Crippen LogP contribution in [-0.4, -0.2) is 41.2 Å². The molecule has 0 saturated heterocycles. The van der Waals surface area contributed by atoms with Gasteiger partial charge in [0, 0.05) is 23.5 Å². The van der Waals surface area contributed by atoms with Crippen molar-refractivity contribution in [3.05, 3.63) is 78.0 Å². The summed E-state index contributed by atoms with van der Waals surface area (Å²) in [6.07, 6.45) is -3.53. The number of ether oxygens (including phenoxy) is 1. The Morgan fingerprint density at radius 3 is 2.21 bits per heavy atom. The van der Waals surface area contributed by atoms with Crippen molar-refractivity contribution in [3.63, 3.8) is 0 Å². The van der Waals surface area contributed by atoms with Crippen molar-refractivity contribution in [3.8, 4) is 5.75 Å². The molecule has 5 N–H and O–H groups in total. The number of halogens is 3. The highest BCUT2D eigenvalue weighted by molar-refractivity contribution is 6.04. The van der Waals surface area contributed by atoms with Gasteiger partial charge in [-0.25, -0.2) is 9.78 Å². The fourth-order valence-corrected chi connectivity index (χ4v) is 2.47. The number of carboxylic acids is 1. The number of methoxy groups -OCH3 is 1. The van der Waals surface area contributed by atoms with E-state index >= 15 is 0 Å². The number of benzene rings is 2. The second kappa shape index (κ2) is 11.3. The van der Waals surface area contributed by atoms with E-state index in [1.165, 1.54) is 0 Å². The van der Waals surface area contributed by atoms with Gasteiger partial charge >= 0.3 is 12.1 Å². The van der Waals surface area contributed by atoms with Crippen LogP contribution in [0.4, 0.5) is 30.4 Å². The average Bonchev–Trinajstić information content (AvgIpc) is 2.79. The third-order valence-electron chi connectivity index (χ3n) is 4.07. The molecule has 0 radical (unpaired) electrons. The Balaban J connectivity index is 0.000000509. The van der Waals surface area contributed by atoms with Gasteiger partial charge in [0.15, 0.2) is 0 Å².